The molecule has 0 spiro atoms. The Labute approximate surface area is 136 Å². The van der Waals surface area contributed by atoms with Crippen LogP contribution in [0.25, 0.3) is 0 Å². The van der Waals surface area contributed by atoms with Crippen LogP contribution in [0.5, 0.6) is 11.5 Å². The van der Waals surface area contributed by atoms with Gasteiger partial charge in [0.1, 0.15) is 11.5 Å². The van der Waals surface area contributed by atoms with Gasteiger partial charge in [-0.15, -0.1) is 0 Å². The summed E-state index contributed by atoms with van der Waals surface area (Å²) >= 11 is 0. The summed E-state index contributed by atoms with van der Waals surface area (Å²) in [5, 5.41) is 0. The van der Waals surface area contributed by atoms with E-state index in [1.165, 1.54) is 12.1 Å². The van der Waals surface area contributed by atoms with Crippen molar-refractivity contribution in [2.24, 2.45) is 0 Å². The fraction of sp³-hybridized carbons (Fsp3) is 0.250. The number of rotatable bonds is 7. The second-order valence-electron chi connectivity index (χ2n) is 4.89. The van der Waals surface area contributed by atoms with Gasteiger partial charge < -0.3 is 15.2 Å². The van der Waals surface area contributed by atoms with Crippen LogP contribution >= 0.6 is 0 Å². The molecule has 0 bridgehead atoms. The first-order valence-corrected chi connectivity index (χ1v) is 8.50. The zero-order valence-corrected chi connectivity index (χ0v) is 13.9. The summed E-state index contributed by atoms with van der Waals surface area (Å²) < 4.78 is 37.4. The van der Waals surface area contributed by atoms with Crippen LogP contribution in [0.1, 0.15) is 5.56 Å². The van der Waals surface area contributed by atoms with E-state index in [1.54, 1.807) is 38.5 Å². The van der Waals surface area contributed by atoms with Gasteiger partial charge in [0, 0.05) is 12.2 Å². The van der Waals surface area contributed by atoms with Gasteiger partial charge in [0.05, 0.1) is 19.1 Å². The maximum atomic E-state index is 12.2. The molecular weight excluding hydrogens is 316 g/mol. The van der Waals surface area contributed by atoms with Crippen molar-refractivity contribution in [1.29, 1.82) is 0 Å². The van der Waals surface area contributed by atoms with Crippen molar-refractivity contribution in [3.05, 3.63) is 48.0 Å². The normalized spacial score (nSPS) is 11.2. The Morgan fingerprint density at radius 3 is 2.35 bits per heavy atom. The highest BCUT2D eigenvalue weighted by Gasteiger charge is 2.14. The Morgan fingerprint density at radius 2 is 1.74 bits per heavy atom. The average molecular weight is 336 g/mol. The summed E-state index contributed by atoms with van der Waals surface area (Å²) in [4.78, 5) is 0.185. The highest BCUT2D eigenvalue weighted by Crippen LogP contribution is 2.24. The first kappa shape index (κ1) is 17.1. The lowest BCUT2D eigenvalue weighted by Crippen LogP contribution is -2.26. The van der Waals surface area contributed by atoms with Crippen LogP contribution in [0, 0.1) is 0 Å². The smallest absolute Gasteiger partial charge is 0.240 e. The van der Waals surface area contributed by atoms with Gasteiger partial charge in [-0.1, -0.05) is 0 Å². The molecule has 124 valence electrons. The summed E-state index contributed by atoms with van der Waals surface area (Å²) in [7, 11) is -0.408. The van der Waals surface area contributed by atoms with Gasteiger partial charge in [-0.25, -0.2) is 13.1 Å². The van der Waals surface area contributed by atoms with Crippen LogP contribution in [0.3, 0.4) is 0 Å². The van der Waals surface area contributed by atoms with Crippen molar-refractivity contribution in [3.8, 4) is 11.5 Å². The van der Waals surface area contributed by atoms with E-state index >= 15 is 0 Å². The van der Waals surface area contributed by atoms with E-state index in [0.29, 0.717) is 23.6 Å². The number of nitrogens with one attached hydrogen (secondary N) is 1. The van der Waals surface area contributed by atoms with Crippen LogP contribution in [-0.2, 0) is 16.4 Å². The summed E-state index contributed by atoms with van der Waals surface area (Å²) in [6.07, 6.45) is 0.481. The molecule has 2 aromatic carbocycles. The molecule has 0 fully saturated rings. The Balaban J connectivity index is 2.05. The molecule has 0 saturated carbocycles. The van der Waals surface area contributed by atoms with Gasteiger partial charge in [0.15, 0.2) is 0 Å². The van der Waals surface area contributed by atoms with Crippen molar-refractivity contribution in [2.75, 3.05) is 26.5 Å². The van der Waals surface area contributed by atoms with E-state index in [0.717, 1.165) is 5.56 Å². The van der Waals surface area contributed by atoms with E-state index in [2.05, 4.69) is 4.72 Å². The van der Waals surface area contributed by atoms with Crippen LogP contribution in [0.4, 0.5) is 5.69 Å². The van der Waals surface area contributed by atoms with E-state index < -0.39 is 10.0 Å². The number of nitrogen functional groups attached to an aromatic ring is 1. The number of methoxy groups -OCH3 is 2. The highest BCUT2D eigenvalue weighted by atomic mass is 32.2. The number of sulfonamides is 1. The van der Waals surface area contributed by atoms with E-state index in [4.69, 9.17) is 15.2 Å². The summed E-state index contributed by atoms with van der Waals surface area (Å²) in [5.41, 5.74) is 6.95. The van der Waals surface area contributed by atoms with E-state index in [-0.39, 0.29) is 11.4 Å². The quantitative estimate of drug-likeness (QED) is 0.753. The molecule has 0 atom stereocenters. The fourth-order valence-corrected chi connectivity index (χ4v) is 3.16. The maximum absolute atomic E-state index is 12.2. The third-order valence-corrected chi connectivity index (χ3v) is 4.84. The van der Waals surface area contributed by atoms with Crippen LogP contribution in [-0.4, -0.2) is 29.2 Å². The van der Waals surface area contributed by atoms with Gasteiger partial charge in [0.2, 0.25) is 10.0 Å². The van der Waals surface area contributed by atoms with Gasteiger partial charge in [-0.3, -0.25) is 0 Å². The topological polar surface area (TPSA) is 90.6 Å². The molecule has 0 aromatic heterocycles. The van der Waals surface area contributed by atoms with Gasteiger partial charge >= 0.3 is 0 Å². The van der Waals surface area contributed by atoms with Gasteiger partial charge in [-0.05, 0) is 54.4 Å². The molecule has 23 heavy (non-hydrogen) atoms. The summed E-state index contributed by atoms with van der Waals surface area (Å²) in [6, 6.07) is 11.5. The molecule has 0 heterocycles. The number of ether oxygens (including phenoxy) is 2. The van der Waals surface area contributed by atoms with Crippen molar-refractivity contribution < 1.29 is 17.9 Å². The lowest BCUT2D eigenvalue weighted by atomic mass is 10.1. The Hall–Kier alpha value is -2.25. The van der Waals surface area contributed by atoms with Crippen molar-refractivity contribution in [3.63, 3.8) is 0 Å². The predicted octanol–water partition coefficient (Wildman–Crippen LogP) is 1.81. The van der Waals surface area contributed by atoms with Gasteiger partial charge in [0.25, 0.3) is 0 Å². The third kappa shape index (κ3) is 4.37. The number of anilines is 1. The number of nitrogens with two attached hydrogens (primary N) is 1. The maximum Gasteiger partial charge on any atom is 0.240 e. The number of hydrogen-bond acceptors (Lipinski definition) is 5. The van der Waals surface area contributed by atoms with Crippen molar-refractivity contribution in [1.82, 2.24) is 4.72 Å². The zero-order valence-electron chi connectivity index (χ0n) is 13.1. The minimum Gasteiger partial charge on any atom is -0.497 e. The van der Waals surface area contributed by atoms with Crippen molar-refractivity contribution >= 4 is 15.7 Å². The van der Waals surface area contributed by atoms with Crippen LogP contribution in [0.2, 0.25) is 0 Å². The molecule has 0 aliphatic heterocycles. The molecule has 0 radical (unpaired) electrons. The van der Waals surface area contributed by atoms with E-state index in [1.807, 2.05) is 6.07 Å². The average Bonchev–Trinajstić information content (AvgIpc) is 2.55. The fourth-order valence-electron chi connectivity index (χ4n) is 2.13. The first-order chi connectivity index (χ1) is 11.0. The number of benzene rings is 2. The molecule has 0 saturated heterocycles. The van der Waals surface area contributed by atoms with Crippen LogP contribution in [0.15, 0.2) is 47.4 Å². The Bertz CT molecular complexity index is 758. The minimum atomic E-state index is -3.56. The highest BCUT2D eigenvalue weighted by molar-refractivity contribution is 7.89. The molecule has 7 heteroatoms. The van der Waals surface area contributed by atoms with Crippen LogP contribution < -0.4 is 19.9 Å². The molecule has 0 amide bonds. The molecule has 2 rings (SSSR count). The monoisotopic (exact) mass is 336 g/mol. The lowest BCUT2D eigenvalue weighted by Gasteiger charge is -2.11. The molecule has 0 aliphatic rings. The molecule has 6 nitrogen and oxygen atoms in total. The first-order valence-electron chi connectivity index (χ1n) is 7.02. The molecule has 0 aliphatic carbocycles. The molecule has 3 N–H and O–H groups in total. The number of hydrogen-bond donors (Lipinski definition) is 2. The second kappa shape index (κ2) is 7.34. The lowest BCUT2D eigenvalue weighted by molar-refractivity contribution is 0.398. The molecular formula is C16H20N2O4S. The summed E-state index contributed by atoms with van der Waals surface area (Å²) in [5.74, 6) is 1.39. The van der Waals surface area contributed by atoms with Gasteiger partial charge in [-0.2, -0.15) is 0 Å². The third-order valence-electron chi connectivity index (χ3n) is 3.36. The second-order valence-corrected chi connectivity index (χ2v) is 6.66. The Morgan fingerprint density at radius 1 is 1.04 bits per heavy atom. The Kier molecular flexibility index (Phi) is 5.46. The molecule has 0 unspecified atom stereocenters. The zero-order chi connectivity index (χ0) is 16.9. The largest absolute Gasteiger partial charge is 0.497 e. The standard InChI is InChI=1S/C16H20N2O4S/c1-21-14-5-8-16(22-2)12(11-14)9-10-18-23(19,20)15-6-3-13(17)4-7-15/h3-8,11,18H,9-10,17H2,1-2H3. The van der Waals surface area contributed by atoms with E-state index in [9.17, 15) is 8.42 Å². The predicted molar refractivity (Wildman–Crippen MR) is 89.3 cm³/mol. The summed E-state index contributed by atoms with van der Waals surface area (Å²) in [6.45, 7) is 0.246. The molecule has 2 aromatic rings. The SMILES string of the molecule is COc1ccc(OC)c(CCNS(=O)(=O)c2ccc(N)cc2)c1. The van der Waals surface area contributed by atoms with Crippen molar-refractivity contribution in [2.45, 2.75) is 11.3 Å². The minimum absolute atomic E-state index is 0.185.